The van der Waals surface area contributed by atoms with Crippen molar-refractivity contribution in [2.75, 3.05) is 0 Å². The SMILES string of the molecule is O=S(=O)([O-])c1cccc(C(F)F)c1.c1ccc([S+](c2ccccc2)c2ccccc2)cc1. The van der Waals surface area contributed by atoms with E-state index < -0.39 is 27.0 Å². The van der Waals surface area contributed by atoms with Crippen molar-refractivity contribution in [3.8, 4) is 0 Å². The number of hydrogen-bond donors (Lipinski definition) is 0. The minimum Gasteiger partial charge on any atom is -0.744 e. The summed E-state index contributed by atoms with van der Waals surface area (Å²) in [7, 11) is -4.66. The third-order valence-corrected chi connectivity index (χ3v) is 7.40. The van der Waals surface area contributed by atoms with E-state index >= 15 is 0 Å². The van der Waals surface area contributed by atoms with E-state index in [1.54, 1.807) is 0 Å². The van der Waals surface area contributed by atoms with E-state index in [0.29, 0.717) is 6.07 Å². The van der Waals surface area contributed by atoms with Gasteiger partial charge >= 0.3 is 0 Å². The van der Waals surface area contributed by atoms with Crippen LogP contribution in [0.2, 0.25) is 0 Å². The molecule has 0 bridgehead atoms. The Morgan fingerprint density at radius 3 is 1.38 bits per heavy atom. The van der Waals surface area contributed by atoms with Crippen LogP contribution in [0.5, 0.6) is 0 Å². The maximum atomic E-state index is 12.0. The van der Waals surface area contributed by atoms with E-state index in [-0.39, 0.29) is 10.9 Å². The molecule has 0 aliphatic heterocycles. The van der Waals surface area contributed by atoms with Crippen molar-refractivity contribution in [3.05, 3.63) is 121 Å². The molecule has 0 fully saturated rings. The molecule has 0 aliphatic carbocycles. The fourth-order valence-corrected chi connectivity index (χ4v) is 5.51. The van der Waals surface area contributed by atoms with Crippen molar-refractivity contribution in [3.63, 3.8) is 0 Å². The van der Waals surface area contributed by atoms with Crippen LogP contribution in [0.15, 0.2) is 135 Å². The summed E-state index contributed by atoms with van der Waals surface area (Å²) in [4.78, 5) is 3.45. The van der Waals surface area contributed by atoms with Crippen molar-refractivity contribution in [2.45, 2.75) is 26.0 Å². The van der Waals surface area contributed by atoms with Crippen LogP contribution in [0.1, 0.15) is 12.0 Å². The minimum absolute atomic E-state index is 0.0146. The summed E-state index contributed by atoms with van der Waals surface area (Å²) >= 11 is 0. The summed E-state index contributed by atoms with van der Waals surface area (Å²) in [6.07, 6.45) is -2.78. The second kappa shape index (κ2) is 11.0. The quantitative estimate of drug-likeness (QED) is 0.254. The zero-order valence-corrected chi connectivity index (χ0v) is 18.5. The van der Waals surface area contributed by atoms with Gasteiger partial charge in [0.2, 0.25) is 0 Å². The summed E-state index contributed by atoms with van der Waals surface area (Å²) in [6.45, 7) is 0. The lowest BCUT2D eigenvalue weighted by atomic mass is 10.2. The zero-order valence-electron chi connectivity index (χ0n) is 16.8. The monoisotopic (exact) mass is 470 g/mol. The van der Waals surface area contributed by atoms with Gasteiger partial charge in [-0.1, -0.05) is 66.7 Å². The van der Waals surface area contributed by atoms with Gasteiger partial charge in [-0.3, -0.25) is 0 Å². The largest absolute Gasteiger partial charge is 0.744 e. The molecule has 4 rings (SSSR count). The van der Waals surface area contributed by atoms with Crippen LogP contribution in [0.3, 0.4) is 0 Å². The second-order valence-corrected chi connectivity index (χ2v) is 9.98. The Kier molecular flexibility index (Phi) is 8.16. The number of hydrogen-bond acceptors (Lipinski definition) is 3. The van der Waals surface area contributed by atoms with Crippen LogP contribution in [0.4, 0.5) is 8.78 Å². The van der Waals surface area contributed by atoms with E-state index in [0.717, 1.165) is 18.2 Å². The second-order valence-electron chi connectivity index (χ2n) is 6.57. The predicted octanol–water partition coefficient (Wildman–Crippen LogP) is 6.31. The molecule has 7 heteroatoms. The molecule has 164 valence electrons. The van der Waals surface area contributed by atoms with Gasteiger partial charge in [0, 0.05) is 5.56 Å². The predicted molar refractivity (Wildman–Crippen MR) is 121 cm³/mol. The van der Waals surface area contributed by atoms with Gasteiger partial charge in [0.05, 0.1) is 15.8 Å². The molecular formula is C25H20F2O3S2. The van der Waals surface area contributed by atoms with E-state index in [1.165, 1.54) is 14.7 Å². The Morgan fingerprint density at radius 2 is 1.03 bits per heavy atom. The topological polar surface area (TPSA) is 57.2 Å². The lowest BCUT2D eigenvalue weighted by molar-refractivity contribution is 0.151. The fourth-order valence-electron chi connectivity index (χ4n) is 2.88. The first kappa shape index (κ1) is 23.7. The molecule has 0 saturated heterocycles. The van der Waals surface area contributed by atoms with E-state index in [2.05, 4.69) is 91.0 Å². The smallest absolute Gasteiger partial charge is 0.263 e. The normalized spacial score (nSPS) is 11.2. The molecule has 3 nitrogen and oxygen atoms in total. The van der Waals surface area contributed by atoms with Gasteiger partial charge in [-0.25, -0.2) is 17.2 Å². The van der Waals surface area contributed by atoms with Gasteiger partial charge in [0.25, 0.3) is 6.43 Å². The molecule has 32 heavy (non-hydrogen) atoms. The highest BCUT2D eigenvalue weighted by atomic mass is 32.2. The summed E-state index contributed by atoms with van der Waals surface area (Å²) in [5.41, 5.74) is -0.475. The molecule has 0 amide bonds. The Balaban J connectivity index is 0.000000195. The third-order valence-electron chi connectivity index (χ3n) is 4.34. The summed E-state index contributed by atoms with van der Waals surface area (Å²) in [5, 5.41) is 0. The Bertz CT molecular complexity index is 1120. The molecule has 0 N–H and O–H groups in total. The van der Waals surface area contributed by atoms with Crippen LogP contribution in [0.25, 0.3) is 0 Å². The van der Waals surface area contributed by atoms with Gasteiger partial charge < -0.3 is 4.55 Å². The van der Waals surface area contributed by atoms with Crippen molar-refractivity contribution in [1.29, 1.82) is 0 Å². The molecule has 4 aromatic rings. The fraction of sp³-hybridized carbons (Fsp3) is 0.0400. The van der Waals surface area contributed by atoms with Crippen LogP contribution in [0, 0.1) is 0 Å². The van der Waals surface area contributed by atoms with Gasteiger partial charge in [0.15, 0.2) is 14.7 Å². The van der Waals surface area contributed by atoms with Crippen LogP contribution >= 0.6 is 0 Å². The Labute approximate surface area is 189 Å². The average molecular weight is 471 g/mol. The first-order valence-electron chi connectivity index (χ1n) is 9.60. The maximum Gasteiger partial charge on any atom is 0.263 e. The maximum absolute atomic E-state index is 12.0. The molecule has 0 heterocycles. The van der Waals surface area contributed by atoms with E-state index in [4.69, 9.17) is 0 Å². The molecule has 0 aromatic heterocycles. The van der Waals surface area contributed by atoms with Crippen LogP contribution < -0.4 is 0 Å². The molecular weight excluding hydrogens is 450 g/mol. The highest BCUT2D eigenvalue weighted by Crippen LogP contribution is 2.30. The molecule has 4 aromatic carbocycles. The Morgan fingerprint density at radius 1 is 0.625 bits per heavy atom. The molecule has 0 unspecified atom stereocenters. The summed E-state index contributed by atoms with van der Waals surface area (Å²) < 4.78 is 55.3. The number of benzene rings is 4. The number of alkyl halides is 2. The number of halogens is 2. The van der Waals surface area contributed by atoms with Gasteiger partial charge in [-0.15, -0.1) is 0 Å². The highest BCUT2D eigenvalue weighted by Gasteiger charge is 2.27. The van der Waals surface area contributed by atoms with Crippen molar-refractivity contribution < 1.29 is 21.8 Å². The zero-order chi connectivity index (χ0) is 23.0. The van der Waals surface area contributed by atoms with Crippen LogP contribution in [-0.2, 0) is 21.0 Å². The van der Waals surface area contributed by atoms with Crippen molar-refractivity contribution in [1.82, 2.24) is 0 Å². The number of rotatable bonds is 5. The molecule has 0 aliphatic rings. The van der Waals surface area contributed by atoms with Crippen molar-refractivity contribution in [2.24, 2.45) is 0 Å². The first-order chi connectivity index (χ1) is 15.4. The van der Waals surface area contributed by atoms with E-state index in [9.17, 15) is 21.8 Å². The lowest BCUT2D eigenvalue weighted by Gasteiger charge is -2.07. The summed E-state index contributed by atoms with van der Waals surface area (Å²) in [5.74, 6) is 0. The molecule has 0 atom stereocenters. The highest BCUT2D eigenvalue weighted by molar-refractivity contribution is 7.97. The first-order valence-corrected chi connectivity index (χ1v) is 12.2. The third kappa shape index (κ3) is 6.50. The van der Waals surface area contributed by atoms with Gasteiger partial charge in [0.1, 0.15) is 10.1 Å². The average Bonchev–Trinajstić information content (AvgIpc) is 2.81. The molecule has 0 saturated carbocycles. The molecule has 0 radical (unpaired) electrons. The minimum atomic E-state index is -4.64. The molecule has 0 spiro atoms. The van der Waals surface area contributed by atoms with E-state index in [1.807, 2.05) is 0 Å². The summed E-state index contributed by atoms with van der Waals surface area (Å²) in [6, 6.07) is 36.0. The van der Waals surface area contributed by atoms with Gasteiger partial charge in [-0.2, -0.15) is 0 Å². The standard InChI is InChI=1S/C18H15S.C7H6F2O3S/c1-4-10-16(11-5-1)19(17-12-6-2-7-13-17)18-14-8-3-9-15-18;8-7(9)5-2-1-3-6(4-5)13(10,11)12/h1-15H;1-4,7H,(H,10,11,12)/q+1;/p-1. The van der Waals surface area contributed by atoms with Crippen LogP contribution in [-0.4, -0.2) is 13.0 Å². The van der Waals surface area contributed by atoms with Gasteiger partial charge in [-0.05, 0) is 48.5 Å². The van der Waals surface area contributed by atoms with Crippen molar-refractivity contribution >= 4 is 21.0 Å². The lowest BCUT2D eigenvalue weighted by Crippen LogP contribution is -2.04. The Hall–Kier alpha value is -3.00.